The van der Waals surface area contributed by atoms with Crippen molar-refractivity contribution < 1.29 is 17.9 Å². The van der Waals surface area contributed by atoms with E-state index in [9.17, 15) is 13.2 Å². The normalized spacial score (nSPS) is 11.2. The lowest BCUT2D eigenvalue weighted by molar-refractivity contribution is 0.0600. The fourth-order valence-corrected chi connectivity index (χ4v) is 4.50. The highest BCUT2D eigenvalue weighted by Gasteiger charge is 2.19. The zero-order chi connectivity index (χ0) is 20.3. The Hall–Kier alpha value is -2.85. The molecule has 28 heavy (non-hydrogen) atoms. The summed E-state index contributed by atoms with van der Waals surface area (Å²) in [7, 11) is -0.781. The average molecular weight is 419 g/mol. The Morgan fingerprint density at radius 3 is 2.50 bits per heavy atom. The van der Waals surface area contributed by atoms with Crippen molar-refractivity contribution in [3.63, 3.8) is 0 Å². The van der Waals surface area contributed by atoms with Crippen LogP contribution in [-0.4, -0.2) is 36.3 Å². The number of hydrogen-bond acceptors (Lipinski definition) is 7. The number of ether oxygens (including phenoxy) is 1. The van der Waals surface area contributed by atoms with Gasteiger partial charge in [-0.2, -0.15) is 0 Å². The molecule has 0 saturated carbocycles. The van der Waals surface area contributed by atoms with Crippen molar-refractivity contribution in [3.05, 3.63) is 59.9 Å². The van der Waals surface area contributed by atoms with E-state index >= 15 is 0 Å². The van der Waals surface area contributed by atoms with Gasteiger partial charge in [0.05, 0.1) is 17.6 Å². The Morgan fingerprint density at radius 2 is 1.89 bits per heavy atom. The Kier molecular flexibility index (Phi) is 5.71. The zero-order valence-electron chi connectivity index (χ0n) is 15.4. The molecule has 0 amide bonds. The molecular weight excluding hydrogens is 400 g/mol. The summed E-state index contributed by atoms with van der Waals surface area (Å²) >= 11 is 1.41. The van der Waals surface area contributed by atoms with Crippen molar-refractivity contribution in [1.29, 1.82) is 0 Å². The first-order valence-electron chi connectivity index (χ1n) is 8.14. The molecule has 0 spiro atoms. The van der Waals surface area contributed by atoms with Crippen LogP contribution in [0.1, 0.15) is 15.9 Å². The van der Waals surface area contributed by atoms with Gasteiger partial charge in [0.15, 0.2) is 5.16 Å². The number of nitrogens with one attached hydrogen (secondary N) is 1. The van der Waals surface area contributed by atoms with Crippen LogP contribution >= 0.6 is 11.8 Å². The van der Waals surface area contributed by atoms with E-state index in [-0.39, 0.29) is 10.5 Å². The van der Waals surface area contributed by atoms with Gasteiger partial charge in [0, 0.05) is 17.6 Å². The summed E-state index contributed by atoms with van der Waals surface area (Å²) < 4.78 is 34.5. The summed E-state index contributed by atoms with van der Waals surface area (Å²) in [6.45, 7) is 1.66. The maximum absolute atomic E-state index is 12.8. The van der Waals surface area contributed by atoms with Crippen LogP contribution in [0.5, 0.6) is 0 Å². The van der Waals surface area contributed by atoms with Gasteiger partial charge in [0.25, 0.3) is 10.0 Å². The van der Waals surface area contributed by atoms with Crippen molar-refractivity contribution in [1.82, 2.24) is 14.8 Å². The Bertz CT molecular complexity index is 1110. The van der Waals surface area contributed by atoms with Gasteiger partial charge in [-0.25, -0.2) is 13.2 Å². The molecule has 3 aromatic rings. The summed E-state index contributed by atoms with van der Waals surface area (Å²) in [6.07, 6.45) is 1.61. The Morgan fingerprint density at radius 1 is 1.18 bits per heavy atom. The lowest BCUT2D eigenvalue weighted by Gasteiger charge is -2.12. The summed E-state index contributed by atoms with van der Waals surface area (Å²) in [5.74, 6) is -0.596. The number of sulfonamides is 1. The minimum absolute atomic E-state index is 0.0212. The second-order valence-electron chi connectivity index (χ2n) is 5.93. The topological polar surface area (TPSA) is 103 Å². The molecule has 0 atom stereocenters. The number of anilines is 1. The van der Waals surface area contributed by atoms with Gasteiger partial charge >= 0.3 is 5.97 Å². The second-order valence-corrected chi connectivity index (χ2v) is 8.62. The van der Waals surface area contributed by atoms with Crippen LogP contribution in [0.4, 0.5) is 5.69 Å². The SMILES string of the molecule is COC(=O)c1ccc(C)c(S(=O)(=O)Nc2ccc(Sc3nncn3C)cc2)c1. The summed E-state index contributed by atoms with van der Waals surface area (Å²) in [6, 6.07) is 11.3. The number of methoxy groups -OCH3 is 1. The summed E-state index contributed by atoms with van der Waals surface area (Å²) in [5, 5.41) is 8.54. The molecule has 3 rings (SSSR count). The molecule has 10 heteroatoms. The van der Waals surface area contributed by atoms with Crippen LogP contribution < -0.4 is 4.72 Å². The van der Waals surface area contributed by atoms with Crippen LogP contribution in [0, 0.1) is 6.92 Å². The van der Waals surface area contributed by atoms with Crippen molar-refractivity contribution in [2.24, 2.45) is 7.05 Å². The van der Waals surface area contributed by atoms with Gasteiger partial charge in [0.2, 0.25) is 0 Å². The van der Waals surface area contributed by atoms with E-state index < -0.39 is 16.0 Å². The number of benzene rings is 2. The molecule has 146 valence electrons. The van der Waals surface area contributed by atoms with Crippen molar-refractivity contribution in [3.8, 4) is 0 Å². The number of aromatic nitrogens is 3. The van der Waals surface area contributed by atoms with Crippen LogP contribution in [-0.2, 0) is 21.8 Å². The number of esters is 1. The number of aryl methyl sites for hydroxylation is 2. The summed E-state index contributed by atoms with van der Waals surface area (Å²) in [5.41, 5.74) is 1.10. The van der Waals surface area contributed by atoms with Crippen LogP contribution in [0.15, 0.2) is 63.7 Å². The molecule has 0 aliphatic rings. The highest BCUT2D eigenvalue weighted by Crippen LogP contribution is 2.27. The zero-order valence-corrected chi connectivity index (χ0v) is 17.0. The molecule has 1 heterocycles. The van der Waals surface area contributed by atoms with Crippen LogP contribution in [0.25, 0.3) is 0 Å². The number of nitrogens with zero attached hydrogens (tertiary/aromatic N) is 3. The first-order chi connectivity index (χ1) is 13.3. The van der Waals surface area contributed by atoms with E-state index in [0.717, 1.165) is 10.1 Å². The molecular formula is C18H18N4O4S2. The molecule has 1 N–H and O–H groups in total. The first kappa shape index (κ1) is 19.9. The number of carbonyl (C=O) groups is 1. The van der Waals surface area contributed by atoms with Gasteiger partial charge in [-0.1, -0.05) is 6.07 Å². The highest BCUT2D eigenvalue weighted by atomic mass is 32.2. The lowest BCUT2D eigenvalue weighted by atomic mass is 10.1. The van der Waals surface area contributed by atoms with Gasteiger partial charge in [-0.3, -0.25) is 4.72 Å². The predicted molar refractivity (Wildman–Crippen MR) is 105 cm³/mol. The van der Waals surface area contributed by atoms with E-state index in [1.807, 2.05) is 7.05 Å². The molecule has 1 aromatic heterocycles. The average Bonchev–Trinajstić information content (AvgIpc) is 3.07. The van der Waals surface area contributed by atoms with Gasteiger partial charge in [-0.05, 0) is 60.6 Å². The van der Waals surface area contributed by atoms with Gasteiger partial charge < -0.3 is 9.30 Å². The molecule has 0 aliphatic heterocycles. The van der Waals surface area contributed by atoms with Crippen molar-refractivity contribution in [2.75, 3.05) is 11.8 Å². The predicted octanol–water partition coefficient (Wildman–Crippen LogP) is 2.86. The third-order valence-electron chi connectivity index (χ3n) is 3.88. The van der Waals surface area contributed by atoms with E-state index in [0.29, 0.717) is 11.3 Å². The van der Waals surface area contributed by atoms with E-state index in [4.69, 9.17) is 0 Å². The molecule has 0 unspecified atom stereocenters. The second kappa shape index (κ2) is 8.03. The van der Waals surface area contributed by atoms with Gasteiger partial charge in [-0.15, -0.1) is 10.2 Å². The quantitative estimate of drug-likeness (QED) is 0.614. The van der Waals surface area contributed by atoms with Crippen molar-refractivity contribution >= 4 is 33.4 Å². The molecule has 0 saturated heterocycles. The Labute approximate surface area is 167 Å². The monoisotopic (exact) mass is 418 g/mol. The van der Waals surface area contributed by atoms with Gasteiger partial charge in [0.1, 0.15) is 6.33 Å². The first-order valence-corrected chi connectivity index (χ1v) is 10.4. The standard InChI is InChI=1S/C18H18N4O4S2/c1-12-4-5-13(17(23)26-3)10-16(12)28(24,25)21-14-6-8-15(9-7-14)27-18-20-19-11-22(18)2/h4-11,21H,1-3H3. The largest absolute Gasteiger partial charge is 0.465 e. The molecule has 0 radical (unpaired) electrons. The van der Waals surface area contributed by atoms with E-state index in [2.05, 4.69) is 19.7 Å². The van der Waals surface area contributed by atoms with Crippen molar-refractivity contribution in [2.45, 2.75) is 21.9 Å². The third kappa shape index (κ3) is 4.34. The molecule has 2 aromatic carbocycles. The molecule has 0 bridgehead atoms. The lowest BCUT2D eigenvalue weighted by Crippen LogP contribution is -2.15. The minimum Gasteiger partial charge on any atom is -0.465 e. The minimum atomic E-state index is -3.87. The smallest absolute Gasteiger partial charge is 0.337 e. The molecule has 0 aliphatic carbocycles. The third-order valence-corrected chi connectivity index (χ3v) is 6.47. The fraction of sp³-hybridized carbons (Fsp3) is 0.167. The number of rotatable bonds is 6. The number of carbonyl (C=O) groups excluding carboxylic acids is 1. The van der Waals surface area contributed by atoms with E-state index in [1.165, 1.54) is 31.0 Å². The van der Waals surface area contributed by atoms with E-state index in [1.54, 1.807) is 48.1 Å². The Balaban J connectivity index is 1.81. The van der Waals surface area contributed by atoms with Crippen LogP contribution in [0.2, 0.25) is 0 Å². The maximum Gasteiger partial charge on any atom is 0.337 e. The molecule has 8 nitrogen and oxygen atoms in total. The molecule has 0 fully saturated rings. The summed E-state index contributed by atoms with van der Waals surface area (Å²) in [4.78, 5) is 12.6. The highest BCUT2D eigenvalue weighted by molar-refractivity contribution is 7.99. The van der Waals surface area contributed by atoms with Crippen LogP contribution in [0.3, 0.4) is 0 Å². The maximum atomic E-state index is 12.8. The number of hydrogen-bond donors (Lipinski definition) is 1. The fourth-order valence-electron chi connectivity index (χ4n) is 2.41.